The normalized spacial score (nSPS) is 16.1. The summed E-state index contributed by atoms with van der Waals surface area (Å²) >= 11 is 0. The molecule has 1 atom stereocenters. The average molecular weight is 627 g/mol. The maximum absolute atomic E-state index is 13.6. The van der Waals surface area contributed by atoms with Crippen molar-refractivity contribution in [1.29, 1.82) is 0 Å². The predicted octanol–water partition coefficient (Wildman–Crippen LogP) is 6.95. The zero-order chi connectivity index (χ0) is 32.8. The molecule has 1 aromatic heterocycles. The number of dihydropyridines is 1. The van der Waals surface area contributed by atoms with E-state index in [1.165, 1.54) is 47.5 Å². The van der Waals surface area contributed by atoms with Crippen molar-refractivity contribution in [2.75, 3.05) is 25.1 Å². The monoisotopic (exact) mass is 626 g/mol. The minimum atomic E-state index is -0.873. The first-order valence-corrected chi connectivity index (χ1v) is 16.1. The molecule has 0 spiro atoms. The maximum Gasteiger partial charge on any atom is 0.336 e. The largest absolute Gasteiger partial charge is 0.463 e. The van der Waals surface area contributed by atoms with Crippen LogP contribution in [0.1, 0.15) is 81.2 Å². The number of esters is 2. The predicted molar refractivity (Wildman–Crippen MR) is 177 cm³/mol. The number of aryl methyl sites for hydroxylation is 2. The van der Waals surface area contributed by atoms with E-state index in [-0.39, 0.29) is 30.0 Å². The summed E-state index contributed by atoms with van der Waals surface area (Å²) in [4.78, 5) is 42.6. The van der Waals surface area contributed by atoms with Crippen molar-refractivity contribution in [3.63, 3.8) is 0 Å². The molecule has 0 bridgehead atoms. The molecule has 5 rings (SSSR count). The summed E-state index contributed by atoms with van der Waals surface area (Å²) in [5.41, 5.74) is 7.81. The fourth-order valence-electron chi connectivity index (χ4n) is 6.49. The molecular formula is C36H42N4O6. The summed E-state index contributed by atoms with van der Waals surface area (Å²) < 4.78 is 11.1. The number of rotatable bonds is 12. The third-order valence-electron chi connectivity index (χ3n) is 8.66. The molecule has 46 heavy (non-hydrogen) atoms. The second-order valence-electron chi connectivity index (χ2n) is 12.0. The van der Waals surface area contributed by atoms with Gasteiger partial charge in [0.1, 0.15) is 0 Å². The maximum atomic E-state index is 13.6. The zero-order valence-corrected chi connectivity index (χ0v) is 27.0. The topological polar surface area (TPSA) is 133 Å². The van der Waals surface area contributed by atoms with Crippen LogP contribution in [0, 0.1) is 17.0 Å². The van der Waals surface area contributed by atoms with Crippen LogP contribution >= 0.6 is 0 Å². The lowest BCUT2D eigenvalue weighted by molar-refractivity contribution is -0.384. The van der Waals surface area contributed by atoms with Crippen molar-refractivity contribution in [2.45, 2.75) is 78.6 Å². The molecule has 0 fully saturated rings. The van der Waals surface area contributed by atoms with E-state index in [4.69, 9.17) is 14.5 Å². The molecule has 10 nitrogen and oxygen atoms in total. The van der Waals surface area contributed by atoms with Crippen LogP contribution in [-0.4, -0.2) is 41.6 Å². The van der Waals surface area contributed by atoms with Crippen molar-refractivity contribution >= 4 is 34.2 Å². The zero-order valence-electron chi connectivity index (χ0n) is 27.0. The van der Waals surface area contributed by atoms with Crippen molar-refractivity contribution in [1.82, 2.24) is 10.3 Å². The van der Waals surface area contributed by atoms with Gasteiger partial charge in [-0.05, 0) is 95.4 Å². The van der Waals surface area contributed by atoms with Crippen molar-refractivity contribution < 1.29 is 24.0 Å². The smallest absolute Gasteiger partial charge is 0.336 e. The van der Waals surface area contributed by atoms with Crippen LogP contribution in [0.2, 0.25) is 0 Å². The number of pyridine rings is 1. The van der Waals surface area contributed by atoms with Gasteiger partial charge in [-0.2, -0.15) is 0 Å². The van der Waals surface area contributed by atoms with E-state index in [9.17, 15) is 19.7 Å². The Morgan fingerprint density at radius 1 is 0.978 bits per heavy atom. The Bertz CT molecular complexity index is 1730. The number of fused-ring (bicyclic) bond motifs is 2. The molecule has 242 valence electrons. The Hall–Kier alpha value is -4.73. The molecular weight excluding hydrogens is 584 g/mol. The van der Waals surface area contributed by atoms with E-state index < -0.39 is 22.8 Å². The molecule has 1 aliphatic heterocycles. The van der Waals surface area contributed by atoms with Gasteiger partial charge < -0.3 is 20.1 Å². The van der Waals surface area contributed by atoms with Gasteiger partial charge in [0, 0.05) is 46.8 Å². The number of carbonyl (C=O) groups is 2. The van der Waals surface area contributed by atoms with Gasteiger partial charge in [0.15, 0.2) is 0 Å². The Kier molecular flexibility index (Phi) is 10.3. The van der Waals surface area contributed by atoms with E-state index in [1.54, 1.807) is 32.9 Å². The Morgan fingerprint density at radius 2 is 1.72 bits per heavy atom. The first-order chi connectivity index (χ1) is 22.2. The number of hydrogen-bond donors (Lipinski definition) is 2. The summed E-state index contributed by atoms with van der Waals surface area (Å²) in [5.74, 6) is -2.03. The lowest BCUT2D eigenvalue weighted by Gasteiger charge is -2.30. The van der Waals surface area contributed by atoms with Crippen molar-refractivity contribution in [3.8, 4) is 0 Å². The quantitative estimate of drug-likeness (QED) is 0.0948. The van der Waals surface area contributed by atoms with Gasteiger partial charge in [0.05, 0.1) is 40.7 Å². The van der Waals surface area contributed by atoms with Gasteiger partial charge >= 0.3 is 11.9 Å². The molecule has 0 saturated heterocycles. The number of nitrogens with zero attached hydrogens (tertiary/aromatic N) is 2. The number of nitrogens with one attached hydrogen (secondary N) is 2. The number of allylic oxidation sites excluding steroid dienone is 2. The number of benzene rings is 2. The van der Waals surface area contributed by atoms with Gasteiger partial charge in [-0.3, -0.25) is 15.1 Å². The summed E-state index contributed by atoms with van der Waals surface area (Å²) in [6.45, 7) is 8.40. The fourth-order valence-corrected chi connectivity index (χ4v) is 6.49. The molecule has 2 N–H and O–H groups in total. The van der Waals surface area contributed by atoms with E-state index in [0.29, 0.717) is 23.4 Å². The summed E-state index contributed by atoms with van der Waals surface area (Å²) in [5, 5.41) is 19.5. The lowest BCUT2D eigenvalue weighted by atomic mass is 9.80. The van der Waals surface area contributed by atoms with Crippen LogP contribution in [0.25, 0.3) is 10.9 Å². The van der Waals surface area contributed by atoms with E-state index >= 15 is 0 Å². The number of aromatic nitrogens is 1. The number of unbranched alkanes of at least 4 members (excludes halogenated alkanes) is 2. The first-order valence-electron chi connectivity index (χ1n) is 16.1. The third kappa shape index (κ3) is 7.06. The summed E-state index contributed by atoms with van der Waals surface area (Å²) in [6.07, 6.45) is 6.83. The highest BCUT2D eigenvalue weighted by molar-refractivity contribution is 6.00. The lowest BCUT2D eigenvalue weighted by Crippen LogP contribution is -2.32. The van der Waals surface area contributed by atoms with Crippen molar-refractivity contribution in [3.05, 3.63) is 97.5 Å². The van der Waals surface area contributed by atoms with Gasteiger partial charge in [-0.25, -0.2) is 9.59 Å². The second kappa shape index (κ2) is 14.6. The van der Waals surface area contributed by atoms with E-state index in [0.717, 1.165) is 43.1 Å². The fraction of sp³-hybridized carbons (Fsp3) is 0.417. The Balaban J connectivity index is 1.23. The molecule has 2 aromatic carbocycles. The highest BCUT2D eigenvalue weighted by Crippen LogP contribution is 2.40. The number of anilines is 1. The average Bonchev–Trinajstić information content (AvgIpc) is 3.03. The minimum absolute atomic E-state index is 0.133. The van der Waals surface area contributed by atoms with Gasteiger partial charge in [0.25, 0.3) is 5.69 Å². The molecule has 2 heterocycles. The highest BCUT2D eigenvalue weighted by Gasteiger charge is 2.38. The molecule has 3 aromatic rings. The number of nitro groups is 1. The van der Waals surface area contributed by atoms with Gasteiger partial charge in [0.2, 0.25) is 0 Å². The molecule has 1 aliphatic carbocycles. The molecule has 0 saturated carbocycles. The standard InChI is InChI=1S/C36H42N4O6/c1-5-45-35(41)31-23(3)38-24(4)32(33(31)25-12-11-13-26(21-25)40(43)44)36(42)46-19-10-6-9-18-37-34-27-14-7-8-15-29(27)39-30-20-22(2)16-17-28(30)34/h11-13,16-17,20-21,33,38H,5-10,14-15,18-19H2,1-4H3,(H,37,39). The van der Waals surface area contributed by atoms with Gasteiger partial charge in [-0.15, -0.1) is 0 Å². The van der Waals surface area contributed by atoms with Crippen LogP contribution in [0.4, 0.5) is 11.4 Å². The number of non-ortho nitro benzene ring substituents is 1. The van der Waals surface area contributed by atoms with Crippen LogP contribution < -0.4 is 10.6 Å². The molecule has 0 radical (unpaired) electrons. The van der Waals surface area contributed by atoms with E-state index in [2.05, 4.69) is 35.8 Å². The third-order valence-corrected chi connectivity index (χ3v) is 8.66. The molecule has 1 unspecified atom stereocenters. The van der Waals surface area contributed by atoms with Gasteiger partial charge in [-0.1, -0.05) is 24.3 Å². The van der Waals surface area contributed by atoms with Crippen LogP contribution in [0.15, 0.2) is 65.0 Å². The highest BCUT2D eigenvalue weighted by atomic mass is 16.6. The van der Waals surface area contributed by atoms with E-state index in [1.807, 2.05) is 0 Å². The number of ether oxygens (including phenoxy) is 2. The minimum Gasteiger partial charge on any atom is -0.463 e. The van der Waals surface area contributed by atoms with Crippen LogP contribution in [-0.2, 0) is 31.9 Å². The number of hydrogen-bond acceptors (Lipinski definition) is 9. The Morgan fingerprint density at radius 3 is 2.46 bits per heavy atom. The second-order valence-corrected chi connectivity index (χ2v) is 12.0. The molecule has 0 amide bonds. The van der Waals surface area contributed by atoms with Crippen molar-refractivity contribution in [2.24, 2.45) is 0 Å². The number of nitro benzene ring substituents is 1. The Labute approximate surface area is 269 Å². The van der Waals surface area contributed by atoms with Crippen LogP contribution in [0.5, 0.6) is 0 Å². The molecule has 2 aliphatic rings. The summed E-state index contributed by atoms with van der Waals surface area (Å²) in [6, 6.07) is 12.4. The summed E-state index contributed by atoms with van der Waals surface area (Å²) in [7, 11) is 0. The SMILES string of the molecule is CCOC(=O)C1=C(C)NC(C)=C(C(=O)OCCCCCNc2c3c(nc4cc(C)ccc24)CCCC3)C1c1cccc([N+](=O)[O-])c1. The number of carbonyl (C=O) groups excluding carboxylic acids is 2. The van der Waals surface area contributed by atoms with Crippen LogP contribution in [0.3, 0.4) is 0 Å². The first kappa shape index (κ1) is 32.7. The molecule has 10 heteroatoms.